The van der Waals surface area contributed by atoms with E-state index in [1.54, 1.807) is 6.07 Å². The van der Waals surface area contributed by atoms with Crippen LogP contribution in [0.25, 0.3) is 0 Å². The summed E-state index contributed by atoms with van der Waals surface area (Å²) in [5.74, 6) is 0.0621. The van der Waals surface area contributed by atoms with E-state index in [1.807, 2.05) is 13.0 Å². The number of nitrogens with one attached hydrogen (secondary N) is 1. The van der Waals surface area contributed by atoms with Gasteiger partial charge in [0, 0.05) is 16.6 Å². The Bertz CT molecular complexity index is 381. The molecular formula is C13H19BrN2O. The third-order valence-electron chi connectivity index (χ3n) is 2.58. The fourth-order valence-electron chi connectivity index (χ4n) is 1.67. The summed E-state index contributed by atoms with van der Waals surface area (Å²) in [4.78, 5) is 11.7. The minimum atomic E-state index is 0.0621. The minimum absolute atomic E-state index is 0.0621. The summed E-state index contributed by atoms with van der Waals surface area (Å²) in [6.45, 7) is 4.06. The maximum Gasteiger partial charge on any atom is 0.224 e. The molecule has 1 rings (SSSR count). The first-order valence-electron chi connectivity index (χ1n) is 5.90. The Morgan fingerprint density at radius 1 is 1.41 bits per heavy atom. The second kappa shape index (κ2) is 6.64. The Morgan fingerprint density at radius 3 is 2.71 bits per heavy atom. The van der Waals surface area contributed by atoms with Crippen LogP contribution in [0.3, 0.4) is 0 Å². The lowest BCUT2D eigenvalue weighted by molar-refractivity contribution is -0.116. The SMILES string of the molecule is CCCCCC(=O)Nc1c(C)cc(N)cc1Br. The van der Waals surface area contributed by atoms with Gasteiger partial charge in [-0.1, -0.05) is 19.8 Å². The Hall–Kier alpha value is -1.03. The number of nitrogen functional groups attached to an aromatic ring is 1. The van der Waals surface area contributed by atoms with Crippen LogP contribution in [0.15, 0.2) is 16.6 Å². The lowest BCUT2D eigenvalue weighted by atomic mass is 10.1. The lowest BCUT2D eigenvalue weighted by Gasteiger charge is -2.11. The van der Waals surface area contributed by atoms with Gasteiger partial charge in [-0.15, -0.1) is 0 Å². The molecule has 94 valence electrons. The van der Waals surface area contributed by atoms with Gasteiger partial charge < -0.3 is 11.1 Å². The zero-order valence-electron chi connectivity index (χ0n) is 10.3. The normalized spacial score (nSPS) is 10.3. The average molecular weight is 299 g/mol. The molecule has 0 fully saturated rings. The van der Waals surface area contributed by atoms with Crippen LogP contribution in [0.2, 0.25) is 0 Å². The smallest absolute Gasteiger partial charge is 0.224 e. The van der Waals surface area contributed by atoms with Gasteiger partial charge in [0.1, 0.15) is 0 Å². The van der Waals surface area contributed by atoms with E-state index >= 15 is 0 Å². The van der Waals surface area contributed by atoms with E-state index in [9.17, 15) is 4.79 Å². The van der Waals surface area contributed by atoms with Gasteiger partial charge in [0.25, 0.3) is 0 Å². The first-order chi connectivity index (χ1) is 8.04. The molecule has 0 aliphatic rings. The summed E-state index contributed by atoms with van der Waals surface area (Å²) >= 11 is 3.41. The van der Waals surface area contributed by atoms with Gasteiger partial charge in [-0.3, -0.25) is 4.79 Å². The molecule has 0 saturated heterocycles. The van der Waals surface area contributed by atoms with E-state index in [0.29, 0.717) is 12.1 Å². The van der Waals surface area contributed by atoms with Crippen LogP contribution >= 0.6 is 15.9 Å². The third kappa shape index (κ3) is 4.38. The molecule has 1 amide bonds. The van der Waals surface area contributed by atoms with Gasteiger partial charge in [0.2, 0.25) is 5.91 Å². The highest BCUT2D eigenvalue weighted by atomic mass is 79.9. The predicted molar refractivity (Wildman–Crippen MR) is 76.1 cm³/mol. The molecule has 1 aromatic rings. The van der Waals surface area contributed by atoms with E-state index < -0.39 is 0 Å². The molecule has 0 saturated carbocycles. The largest absolute Gasteiger partial charge is 0.399 e. The summed E-state index contributed by atoms with van der Waals surface area (Å²) in [5.41, 5.74) is 8.20. The number of benzene rings is 1. The zero-order chi connectivity index (χ0) is 12.8. The molecule has 17 heavy (non-hydrogen) atoms. The van der Waals surface area contributed by atoms with Crippen molar-refractivity contribution < 1.29 is 4.79 Å². The quantitative estimate of drug-likeness (QED) is 0.641. The van der Waals surface area contributed by atoms with Crippen LogP contribution < -0.4 is 11.1 Å². The van der Waals surface area contributed by atoms with E-state index in [0.717, 1.165) is 35.0 Å². The Morgan fingerprint density at radius 2 is 2.12 bits per heavy atom. The van der Waals surface area contributed by atoms with Crippen LogP contribution in [0.4, 0.5) is 11.4 Å². The summed E-state index contributed by atoms with van der Waals surface area (Å²) < 4.78 is 0.832. The molecule has 4 heteroatoms. The van der Waals surface area contributed by atoms with Gasteiger partial charge in [-0.05, 0) is 47.0 Å². The number of carbonyl (C=O) groups excluding carboxylic acids is 1. The molecule has 0 unspecified atom stereocenters. The molecule has 0 aliphatic heterocycles. The summed E-state index contributed by atoms with van der Waals surface area (Å²) in [6, 6.07) is 3.65. The van der Waals surface area contributed by atoms with Crippen molar-refractivity contribution >= 4 is 33.2 Å². The molecule has 0 atom stereocenters. The highest BCUT2D eigenvalue weighted by Gasteiger charge is 2.08. The second-order valence-corrected chi connectivity index (χ2v) is 5.05. The molecule has 0 radical (unpaired) electrons. The van der Waals surface area contributed by atoms with Gasteiger partial charge in [-0.2, -0.15) is 0 Å². The zero-order valence-corrected chi connectivity index (χ0v) is 11.9. The number of rotatable bonds is 5. The van der Waals surface area contributed by atoms with Crippen molar-refractivity contribution in [1.82, 2.24) is 0 Å². The van der Waals surface area contributed by atoms with Crippen LogP contribution in [-0.4, -0.2) is 5.91 Å². The van der Waals surface area contributed by atoms with Crippen molar-refractivity contribution in [3.8, 4) is 0 Å². The number of halogens is 1. The molecule has 0 bridgehead atoms. The monoisotopic (exact) mass is 298 g/mol. The van der Waals surface area contributed by atoms with Crippen molar-refractivity contribution in [2.45, 2.75) is 39.5 Å². The number of carbonyl (C=O) groups is 1. The Kier molecular flexibility index (Phi) is 5.48. The predicted octanol–water partition coefficient (Wildman–Crippen LogP) is 3.86. The van der Waals surface area contributed by atoms with Gasteiger partial charge in [0.15, 0.2) is 0 Å². The van der Waals surface area contributed by atoms with Gasteiger partial charge in [0.05, 0.1) is 5.69 Å². The number of nitrogens with two attached hydrogens (primary N) is 1. The number of amides is 1. The van der Waals surface area contributed by atoms with Crippen molar-refractivity contribution in [3.05, 3.63) is 22.2 Å². The maximum atomic E-state index is 11.7. The molecule has 3 N–H and O–H groups in total. The van der Waals surface area contributed by atoms with E-state index in [4.69, 9.17) is 5.73 Å². The molecule has 0 spiro atoms. The minimum Gasteiger partial charge on any atom is -0.399 e. The van der Waals surface area contributed by atoms with E-state index in [1.165, 1.54) is 0 Å². The van der Waals surface area contributed by atoms with Gasteiger partial charge >= 0.3 is 0 Å². The van der Waals surface area contributed by atoms with Crippen LogP contribution in [0.5, 0.6) is 0 Å². The summed E-state index contributed by atoms with van der Waals surface area (Å²) in [5, 5.41) is 2.92. The van der Waals surface area contributed by atoms with Crippen LogP contribution in [-0.2, 0) is 4.79 Å². The van der Waals surface area contributed by atoms with E-state index in [2.05, 4.69) is 28.2 Å². The first kappa shape index (κ1) is 14.0. The molecule has 3 nitrogen and oxygen atoms in total. The van der Waals surface area contributed by atoms with Crippen molar-refractivity contribution in [2.24, 2.45) is 0 Å². The fourth-order valence-corrected chi connectivity index (χ4v) is 2.34. The lowest BCUT2D eigenvalue weighted by Crippen LogP contribution is -2.12. The highest BCUT2D eigenvalue weighted by molar-refractivity contribution is 9.10. The molecular weight excluding hydrogens is 280 g/mol. The van der Waals surface area contributed by atoms with Crippen LogP contribution in [0.1, 0.15) is 38.2 Å². The maximum absolute atomic E-state index is 11.7. The number of aryl methyl sites for hydroxylation is 1. The molecule has 1 aromatic carbocycles. The standard InChI is InChI=1S/C13H19BrN2O/c1-3-4-5-6-12(17)16-13-9(2)7-10(15)8-11(13)14/h7-8H,3-6,15H2,1-2H3,(H,16,17). The van der Waals surface area contributed by atoms with Crippen molar-refractivity contribution in [2.75, 3.05) is 11.1 Å². The summed E-state index contributed by atoms with van der Waals surface area (Å²) in [6.07, 6.45) is 3.73. The number of hydrogen-bond acceptors (Lipinski definition) is 2. The number of unbranched alkanes of at least 4 members (excludes halogenated alkanes) is 2. The Balaban J connectivity index is 2.65. The van der Waals surface area contributed by atoms with E-state index in [-0.39, 0.29) is 5.91 Å². The molecule has 0 aliphatic carbocycles. The number of anilines is 2. The summed E-state index contributed by atoms with van der Waals surface area (Å²) in [7, 11) is 0. The second-order valence-electron chi connectivity index (χ2n) is 4.20. The molecule has 0 aromatic heterocycles. The first-order valence-corrected chi connectivity index (χ1v) is 6.69. The number of hydrogen-bond donors (Lipinski definition) is 2. The van der Waals surface area contributed by atoms with Gasteiger partial charge in [-0.25, -0.2) is 0 Å². The van der Waals surface area contributed by atoms with Crippen molar-refractivity contribution in [1.29, 1.82) is 0 Å². The van der Waals surface area contributed by atoms with Crippen LogP contribution in [0, 0.1) is 6.92 Å². The fraction of sp³-hybridized carbons (Fsp3) is 0.462. The highest BCUT2D eigenvalue weighted by Crippen LogP contribution is 2.29. The van der Waals surface area contributed by atoms with Crippen molar-refractivity contribution in [3.63, 3.8) is 0 Å². The third-order valence-corrected chi connectivity index (χ3v) is 3.21. The topological polar surface area (TPSA) is 55.1 Å². The Labute approximate surface area is 111 Å². The molecule has 0 heterocycles. The average Bonchev–Trinajstić information content (AvgIpc) is 2.24.